The Morgan fingerprint density at radius 1 is 1.36 bits per heavy atom. The first-order valence-corrected chi connectivity index (χ1v) is 3.27. The van der Waals surface area contributed by atoms with Gasteiger partial charge >= 0.3 is 0 Å². The van der Waals surface area contributed by atoms with Crippen molar-refractivity contribution in [2.24, 2.45) is 0 Å². The van der Waals surface area contributed by atoms with Crippen LogP contribution in [0.3, 0.4) is 0 Å². The largest absolute Gasteiger partial charge is 0.506 e. The first-order chi connectivity index (χ1) is 5.11. The summed E-state index contributed by atoms with van der Waals surface area (Å²) in [5.41, 5.74) is 0.491. The highest BCUT2D eigenvalue weighted by atomic mass is 19.1. The van der Waals surface area contributed by atoms with Gasteiger partial charge < -0.3 is 10.0 Å². The lowest BCUT2D eigenvalue weighted by Crippen LogP contribution is -2.08. The Kier molecular flexibility index (Phi) is 1.98. The first-order valence-electron chi connectivity index (χ1n) is 3.27. The maximum atomic E-state index is 12.6. The van der Waals surface area contributed by atoms with E-state index in [1.165, 1.54) is 18.2 Å². The van der Waals surface area contributed by atoms with E-state index in [4.69, 9.17) is 0 Å². The van der Waals surface area contributed by atoms with Crippen molar-refractivity contribution in [1.29, 1.82) is 0 Å². The molecular formula is C8H10FNO. The summed E-state index contributed by atoms with van der Waals surface area (Å²) < 4.78 is 12.6. The number of anilines is 1. The van der Waals surface area contributed by atoms with Crippen LogP contribution in [0.5, 0.6) is 5.75 Å². The second kappa shape index (κ2) is 2.78. The van der Waals surface area contributed by atoms with Gasteiger partial charge in [0.05, 0.1) is 5.69 Å². The normalized spacial score (nSPS) is 9.73. The molecule has 0 atom stereocenters. The van der Waals surface area contributed by atoms with Crippen molar-refractivity contribution >= 4 is 5.69 Å². The lowest BCUT2D eigenvalue weighted by molar-refractivity contribution is 0.473. The van der Waals surface area contributed by atoms with Crippen molar-refractivity contribution in [2.75, 3.05) is 19.0 Å². The van der Waals surface area contributed by atoms with E-state index in [0.717, 1.165) is 0 Å². The highest BCUT2D eigenvalue weighted by Gasteiger charge is 2.03. The molecule has 3 heteroatoms. The highest BCUT2D eigenvalue weighted by Crippen LogP contribution is 2.25. The zero-order chi connectivity index (χ0) is 8.43. The zero-order valence-electron chi connectivity index (χ0n) is 6.50. The van der Waals surface area contributed by atoms with E-state index in [0.29, 0.717) is 5.69 Å². The summed E-state index contributed by atoms with van der Waals surface area (Å²) in [6, 6.07) is 3.85. The van der Waals surface area contributed by atoms with E-state index in [1.807, 2.05) is 0 Å². The Labute approximate surface area is 64.9 Å². The van der Waals surface area contributed by atoms with Gasteiger partial charge in [0.25, 0.3) is 0 Å². The van der Waals surface area contributed by atoms with Gasteiger partial charge in [-0.3, -0.25) is 0 Å². The molecule has 1 aromatic rings. The average molecular weight is 155 g/mol. The van der Waals surface area contributed by atoms with Gasteiger partial charge in [-0.1, -0.05) is 0 Å². The van der Waals surface area contributed by atoms with Crippen LogP contribution in [0.1, 0.15) is 0 Å². The Bertz CT molecular complexity index is 260. The third-order valence-electron chi connectivity index (χ3n) is 1.42. The summed E-state index contributed by atoms with van der Waals surface area (Å²) in [5.74, 6) is -0.247. The molecule has 0 bridgehead atoms. The number of hydrogen-bond acceptors (Lipinski definition) is 2. The molecule has 0 heterocycles. The third kappa shape index (κ3) is 1.61. The minimum absolute atomic E-state index is 0.0939. The van der Waals surface area contributed by atoms with E-state index >= 15 is 0 Å². The minimum Gasteiger partial charge on any atom is -0.506 e. The fourth-order valence-corrected chi connectivity index (χ4v) is 0.855. The molecule has 0 saturated heterocycles. The lowest BCUT2D eigenvalue weighted by Gasteiger charge is -2.13. The summed E-state index contributed by atoms with van der Waals surface area (Å²) >= 11 is 0. The smallest absolute Gasteiger partial charge is 0.139 e. The third-order valence-corrected chi connectivity index (χ3v) is 1.42. The van der Waals surface area contributed by atoms with Gasteiger partial charge in [-0.25, -0.2) is 4.39 Å². The molecule has 0 fully saturated rings. The number of rotatable bonds is 1. The van der Waals surface area contributed by atoms with Crippen molar-refractivity contribution in [3.63, 3.8) is 0 Å². The molecule has 0 unspecified atom stereocenters. The molecule has 2 nitrogen and oxygen atoms in total. The van der Waals surface area contributed by atoms with Crippen molar-refractivity contribution in [1.82, 2.24) is 0 Å². The average Bonchev–Trinajstić information content (AvgIpc) is 1.94. The molecule has 0 radical (unpaired) electrons. The van der Waals surface area contributed by atoms with Gasteiger partial charge in [0, 0.05) is 20.2 Å². The molecule has 0 aliphatic rings. The molecule has 0 aromatic heterocycles. The van der Waals surface area contributed by atoms with Gasteiger partial charge in [0.15, 0.2) is 0 Å². The second-order valence-electron chi connectivity index (χ2n) is 2.53. The molecule has 1 aromatic carbocycles. The number of phenolic OH excluding ortho intramolecular Hbond substituents is 1. The van der Waals surface area contributed by atoms with Gasteiger partial charge in [0.1, 0.15) is 11.6 Å². The van der Waals surface area contributed by atoms with E-state index in [-0.39, 0.29) is 11.6 Å². The topological polar surface area (TPSA) is 23.5 Å². The van der Waals surface area contributed by atoms with E-state index < -0.39 is 0 Å². The fourth-order valence-electron chi connectivity index (χ4n) is 0.855. The number of hydrogen-bond donors (Lipinski definition) is 1. The molecule has 0 aliphatic carbocycles. The van der Waals surface area contributed by atoms with Crippen LogP contribution < -0.4 is 4.90 Å². The summed E-state index contributed by atoms with van der Waals surface area (Å²) in [4.78, 5) is 1.65. The first kappa shape index (κ1) is 7.85. The Morgan fingerprint density at radius 3 is 2.45 bits per heavy atom. The van der Waals surface area contributed by atoms with Crippen LogP contribution in [-0.2, 0) is 0 Å². The molecule has 0 saturated carbocycles. The molecule has 11 heavy (non-hydrogen) atoms. The van der Waals surface area contributed by atoms with Crippen molar-refractivity contribution in [3.8, 4) is 5.75 Å². The standard InChI is InChI=1S/C8H10FNO/c1-10(2)7-5-6(9)3-4-8(7)11/h3-5,11H,1-2H3. The van der Waals surface area contributed by atoms with Crippen LogP contribution in [0.25, 0.3) is 0 Å². The summed E-state index contributed by atoms with van der Waals surface area (Å²) in [6.45, 7) is 0. The summed E-state index contributed by atoms with van der Waals surface area (Å²) in [5, 5.41) is 9.20. The van der Waals surface area contributed by atoms with Crippen molar-refractivity contribution in [2.45, 2.75) is 0 Å². The molecule has 1 N–H and O–H groups in total. The van der Waals surface area contributed by atoms with Gasteiger partial charge in [0.2, 0.25) is 0 Å². The Balaban J connectivity index is 3.13. The number of aromatic hydroxyl groups is 1. The van der Waals surface area contributed by atoms with Crippen molar-refractivity contribution in [3.05, 3.63) is 24.0 Å². The van der Waals surface area contributed by atoms with Crippen LogP contribution in [-0.4, -0.2) is 19.2 Å². The molecule has 0 amide bonds. The van der Waals surface area contributed by atoms with Crippen LogP contribution >= 0.6 is 0 Å². The molecular weight excluding hydrogens is 145 g/mol. The second-order valence-corrected chi connectivity index (χ2v) is 2.53. The number of phenols is 1. The Hall–Kier alpha value is -1.25. The van der Waals surface area contributed by atoms with Gasteiger partial charge in [-0.15, -0.1) is 0 Å². The van der Waals surface area contributed by atoms with Crippen LogP contribution in [0.2, 0.25) is 0 Å². The van der Waals surface area contributed by atoms with E-state index in [2.05, 4.69) is 0 Å². The lowest BCUT2D eigenvalue weighted by atomic mass is 10.3. The fraction of sp³-hybridized carbons (Fsp3) is 0.250. The number of halogens is 1. The monoisotopic (exact) mass is 155 g/mol. The number of nitrogens with zero attached hydrogens (tertiary/aromatic N) is 1. The quantitative estimate of drug-likeness (QED) is 0.665. The molecule has 60 valence electrons. The predicted octanol–water partition coefficient (Wildman–Crippen LogP) is 1.60. The summed E-state index contributed by atoms with van der Waals surface area (Å²) in [6.07, 6.45) is 0. The van der Waals surface area contributed by atoms with Crippen LogP contribution in [0.15, 0.2) is 18.2 Å². The van der Waals surface area contributed by atoms with Gasteiger partial charge in [-0.05, 0) is 12.1 Å². The van der Waals surface area contributed by atoms with Crippen LogP contribution in [0.4, 0.5) is 10.1 Å². The predicted molar refractivity (Wildman–Crippen MR) is 42.4 cm³/mol. The van der Waals surface area contributed by atoms with E-state index in [9.17, 15) is 9.50 Å². The molecule has 0 spiro atoms. The highest BCUT2D eigenvalue weighted by molar-refractivity contribution is 5.56. The number of benzene rings is 1. The molecule has 0 aliphatic heterocycles. The maximum absolute atomic E-state index is 12.6. The summed E-state index contributed by atoms with van der Waals surface area (Å²) in [7, 11) is 3.49. The van der Waals surface area contributed by atoms with E-state index in [1.54, 1.807) is 19.0 Å². The maximum Gasteiger partial charge on any atom is 0.139 e. The van der Waals surface area contributed by atoms with Gasteiger partial charge in [-0.2, -0.15) is 0 Å². The van der Waals surface area contributed by atoms with Crippen molar-refractivity contribution < 1.29 is 9.50 Å². The zero-order valence-corrected chi connectivity index (χ0v) is 6.50. The minimum atomic E-state index is -0.341. The Morgan fingerprint density at radius 2 is 2.00 bits per heavy atom. The molecule has 1 rings (SSSR count). The SMILES string of the molecule is CN(C)c1cc(F)ccc1O. The van der Waals surface area contributed by atoms with Crippen LogP contribution in [0, 0.1) is 5.82 Å².